The van der Waals surface area contributed by atoms with Gasteiger partial charge < -0.3 is 20.3 Å². The van der Waals surface area contributed by atoms with Crippen LogP contribution in [0.1, 0.15) is 13.8 Å². The van der Waals surface area contributed by atoms with Crippen molar-refractivity contribution in [1.29, 1.82) is 0 Å². The maximum atomic E-state index is 6.05. The molecule has 1 fully saturated rings. The van der Waals surface area contributed by atoms with Gasteiger partial charge in [-0.25, -0.2) is 4.98 Å². The van der Waals surface area contributed by atoms with E-state index >= 15 is 0 Å². The summed E-state index contributed by atoms with van der Waals surface area (Å²) in [6.07, 6.45) is 0. The minimum Gasteiger partial charge on any atom is -0.378 e. The average Bonchev–Trinajstić information content (AvgIpc) is 2.38. The number of thiocarbonyl (C=S) groups is 1. The Kier molecular flexibility index (Phi) is 5.33. The maximum Gasteiger partial charge on any atom is 0.232 e. The van der Waals surface area contributed by atoms with Gasteiger partial charge in [0.15, 0.2) is 5.11 Å². The lowest BCUT2D eigenvalue weighted by Crippen LogP contribution is -2.37. The Labute approximate surface area is 128 Å². The highest BCUT2D eigenvalue weighted by atomic mass is 35.5. The number of aromatic nitrogens is 2. The molecule has 2 heterocycles. The second-order valence-corrected chi connectivity index (χ2v) is 5.52. The first kappa shape index (κ1) is 15.2. The molecule has 0 amide bonds. The molecule has 0 saturated carbocycles. The van der Waals surface area contributed by atoms with Crippen molar-refractivity contribution >= 4 is 40.7 Å². The predicted octanol–water partition coefficient (Wildman–Crippen LogP) is 1.66. The summed E-state index contributed by atoms with van der Waals surface area (Å²) >= 11 is 11.2. The molecule has 2 rings (SSSR count). The third kappa shape index (κ3) is 4.43. The van der Waals surface area contributed by atoms with Crippen LogP contribution < -0.4 is 15.5 Å². The number of halogens is 1. The van der Waals surface area contributed by atoms with Crippen LogP contribution in [0.25, 0.3) is 0 Å². The summed E-state index contributed by atoms with van der Waals surface area (Å²) in [5.74, 6) is 1.18. The van der Waals surface area contributed by atoms with E-state index in [-0.39, 0.29) is 6.04 Å². The van der Waals surface area contributed by atoms with E-state index in [1.807, 2.05) is 13.8 Å². The zero-order valence-electron chi connectivity index (χ0n) is 11.5. The number of ether oxygens (including phenoxy) is 1. The highest BCUT2D eigenvalue weighted by Gasteiger charge is 2.15. The highest BCUT2D eigenvalue weighted by Crippen LogP contribution is 2.19. The van der Waals surface area contributed by atoms with Crippen molar-refractivity contribution in [2.75, 3.05) is 36.5 Å². The molecule has 1 aromatic heterocycles. The largest absolute Gasteiger partial charge is 0.378 e. The molecule has 1 saturated heterocycles. The molecule has 0 radical (unpaired) electrons. The first-order valence-electron chi connectivity index (χ1n) is 6.49. The van der Waals surface area contributed by atoms with E-state index in [1.165, 1.54) is 0 Å². The fraction of sp³-hybridized carbons (Fsp3) is 0.583. The summed E-state index contributed by atoms with van der Waals surface area (Å²) in [6, 6.07) is 1.99. The van der Waals surface area contributed by atoms with Gasteiger partial charge in [0.2, 0.25) is 5.95 Å². The molecule has 0 aromatic carbocycles. The van der Waals surface area contributed by atoms with Gasteiger partial charge in [-0.3, -0.25) is 0 Å². The van der Waals surface area contributed by atoms with Gasteiger partial charge in [0.1, 0.15) is 11.0 Å². The van der Waals surface area contributed by atoms with Gasteiger partial charge in [-0.15, -0.1) is 0 Å². The van der Waals surface area contributed by atoms with Crippen molar-refractivity contribution < 1.29 is 4.74 Å². The van der Waals surface area contributed by atoms with Crippen LogP contribution >= 0.6 is 23.8 Å². The van der Waals surface area contributed by atoms with Crippen LogP contribution in [0.5, 0.6) is 0 Å². The Morgan fingerprint density at radius 3 is 2.75 bits per heavy atom. The molecule has 0 spiro atoms. The minimum absolute atomic E-state index is 0.243. The van der Waals surface area contributed by atoms with E-state index < -0.39 is 0 Å². The lowest BCUT2D eigenvalue weighted by molar-refractivity contribution is 0.122. The summed E-state index contributed by atoms with van der Waals surface area (Å²) in [7, 11) is 0. The van der Waals surface area contributed by atoms with Crippen LogP contribution in [0.3, 0.4) is 0 Å². The molecule has 20 heavy (non-hydrogen) atoms. The summed E-state index contributed by atoms with van der Waals surface area (Å²) < 4.78 is 5.33. The van der Waals surface area contributed by atoms with E-state index in [1.54, 1.807) is 6.07 Å². The van der Waals surface area contributed by atoms with Gasteiger partial charge in [0.05, 0.1) is 13.2 Å². The maximum absolute atomic E-state index is 6.05. The van der Waals surface area contributed by atoms with Crippen LogP contribution in [0.2, 0.25) is 5.15 Å². The fourth-order valence-electron chi connectivity index (χ4n) is 1.82. The number of hydrogen-bond acceptors (Lipinski definition) is 5. The Bertz CT molecular complexity index is 479. The molecule has 1 aliphatic heterocycles. The average molecular weight is 316 g/mol. The lowest BCUT2D eigenvalue weighted by atomic mass is 10.4. The molecule has 1 aromatic rings. The third-order valence-electron chi connectivity index (χ3n) is 2.66. The SMILES string of the molecule is CC(C)NC(=S)Nc1nc(Cl)cc(N2CCOCC2)n1. The highest BCUT2D eigenvalue weighted by molar-refractivity contribution is 7.80. The normalized spacial score (nSPS) is 15.3. The van der Waals surface area contributed by atoms with Crippen LogP contribution in [0, 0.1) is 0 Å². The molecule has 8 heteroatoms. The smallest absolute Gasteiger partial charge is 0.232 e. The molecule has 1 aliphatic rings. The Balaban J connectivity index is 2.09. The van der Waals surface area contributed by atoms with Crippen molar-refractivity contribution in [3.05, 3.63) is 11.2 Å². The van der Waals surface area contributed by atoms with Gasteiger partial charge in [-0.2, -0.15) is 4.98 Å². The standard InChI is InChI=1S/C12H18ClN5OS/c1-8(2)14-12(20)17-11-15-9(13)7-10(16-11)18-3-5-19-6-4-18/h7-8H,3-6H2,1-2H3,(H2,14,15,16,17,20). The van der Waals surface area contributed by atoms with E-state index in [9.17, 15) is 0 Å². The number of rotatable bonds is 3. The molecule has 0 atom stereocenters. The molecule has 110 valence electrons. The quantitative estimate of drug-likeness (QED) is 0.649. The molecule has 6 nitrogen and oxygen atoms in total. The first-order chi connectivity index (χ1) is 9.54. The molecule has 0 unspecified atom stereocenters. The van der Waals surface area contributed by atoms with Crippen LogP contribution in [0.4, 0.5) is 11.8 Å². The number of morpholine rings is 1. The van der Waals surface area contributed by atoms with Crippen LogP contribution in [-0.4, -0.2) is 47.4 Å². The van der Waals surface area contributed by atoms with Gasteiger partial charge in [-0.05, 0) is 26.1 Å². The lowest BCUT2D eigenvalue weighted by Gasteiger charge is -2.28. The van der Waals surface area contributed by atoms with Crippen molar-refractivity contribution in [3.63, 3.8) is 0 Å². The third-order valence-corrected chi connectivity index (χ3v) is 3.08. The molecule has 0 aliphatic carbocycles. The Hall–Kier alpha value is -1.18. The van der Waals surface area contributed by atoms with Crippen molar-refractivity contribution in [3.8, 4) is 0 Å². The zero-order chi connectivity index (χ0) is 14.5. The first-order valence-corrected chi connectivity index (χ1v) is 7.28. The van der Waals surface area contributed by atoms with Gasteiger partial charge in [0, 0.05) is 25.2 Å². The van der Waals surface area contributed by atoms with Gasteiger partial charge in [0.25, 0.3) is 0 Å². The second-order valence-electron chi connectivity index (χ2n) is 4.73. The summed E-state index contributed by atoms with van der Waals surface area (Å²) in [5.41, 5.74) is 0. The van der Waals surface area contributed by atoms with Crippen LogP contribution in [-0.2, 0) is 4.74 Å². The Morgan fingerprint density at radius 1 is 1.40 bits per heavy atom. The van der Waals surface area contributed by atoms with Crippen LogP contribution in [0.15, 0.2) is 6.07 Å². The molecular weight excluding hydrogens is 298 g/mol. The van der Waals surface area contributed by atoms with E-state index in [4.69, 9.17) is 28.6 Å². The summed E-state index contributed by atoms with van der Waals surface area (Å²) in [5, 5.41) is 6.89. The second kappa shape index (κ2) is 7.01. The predicted molar refractivity (Wildman–Crippen MR) is 84.6 cm³/mol. The number of hydrogen-bond donors (Lipinski definition) is 2. The minimum atomic E-state index is 0.243. The number of nitrogens with zero attached hydrogens (tertiary/aromatic N) is 3. The molecular formula is C12H18ClN5OS. The fourth-order valence-corrected chi connectivity index (χ4v) is 2.32. The topological polar surface area (TPSA) is 62.3 Å². The van der Waals surface area contributed by atoms with Gasteiger partial charge in [-0.1, -0.05) is 11.6 Å². The number of anilines is 2. The van der Waals surface area contributed by atoms with Crippen molar-refractivity contribution in [1.82, 2.24) is 15.3 Å². The number of nitrogens with one attached hydrogen (secondary N) is 2. The van der Waals surface area contributed by atoms with Crippen molar-refractivity contribution in [2.45, 2.75) is 19.9 Å². The zero-order valence-corrected chi connectivity index (χ0v) is 13.1. The molecule has 0 bridgehead atoms. The van der Waals surface area contributed by atoms with Crippen molar-refractivity contribution in [2.24, 2.45) is 0 Å². The van der Waals surface area contributed by atoms with E-state index in [0.717, 1.165) is 18.9 Å². The monoisotopic (exact) mass is 315 g/mol. The Morgan fingerprint density at radius 2 is 2.10 bits per heavy atom. The van der Waals surface area contributed by atoms with E-state index in [2.05, 4.69) is 25.5 Å². The summed E-state index contributed by atoms with van der Waals surface area (Å²) in [6.45, 7) is 6.98. The van der Waals surface area contributed by atoms with Gasteiger partial charge >= 0.3 is 0 Å². The summed E-state index contributed by atoms with van der Waals surface area (Å²) in [4.78, 5) is 10.7. The molecule has 2 N–H and O–H groups in total. The van der Waals surface area contributed by atoms with E-state index in [0.29, 0.717) is 29.4 Å².